The van der Waals surface area contributed by atoms with Crippen LogP contribution in [0.1, 0.15) is 17.5 Å². The maximum absolute atomic E-state index is 11.9. The highest BCUT2D eigenvalue weighted by Crippen LogP contribution is 2.16. The first kappa shape index (κ1) is 15.4. The van der Waals surface area contributed by atoms with Gasteiger partial charge in [-0.15, -0.1) is 0 Å². The molecule has 0 aromatic heterocycles. The lowest BCUT2D eigenvalue weighted by molar-refractivity contribution is -0.115. The minimum Gasteiger partial charge on any atom is -0.384 e. The van der Waals surface area contributed by atoms with Crippen LogP contribution in [-0.4, -0.2) is 12.5 Å². The summed E-state index contributed by atoms with van der Waals surface area (Å²) in [6.45, 7) is 4.65. The molecule has 0 bridgehead atoms. The number of benzene rings is 2. The fourth-order valence-electron chi connectivity index (χ4n) is 1.96. The number of anilines is 2. The molecular weight excluding hydrogens is 284 g/mol. The molecule has 21 heavy (non-hydrogen) atoms. The van der Waals surface area contributed by atoms with Crippen molar-refractivity contribution >= 4 is 28.9 Å². The van der Waals surface area contributed by atoms with Crippen molar-refractivity contribution in [1.29, 1.82) is 0 Å². The smallest absolute Gasteiger partial charge is 0.226 e. The molecule has 2 N–H and O–H groups in total. The van der Waals surface area contributed by atoms with Crippen molar-refractivity contribution in [2.24, 2.45) is 0 Å². The molecule has 0 atom stereocenters. The third-order valence-electron chi connectivity index (χ3n) is 3.30. The van der Waals surface area contributed by atoms with Crippen LogP contribution >= 0.6 is 11.6 Å². The number of halogens is 1. The molecule has 110 valence electrons. The zero-order valence-electron chi connectivity index (χ0n) is 12.2. The summed E-state index contributed by atoms with van der Waals surface area (Å²) >= 11 is 5.90. The van der Waals surface area contributed by atoms with Gasteiger partial charge in [0.15, 0.2) is 0 Å². The maximum Gasteiger partial charge on any atom is 0.226 e. The second-order valence-corrected chi connectivity index (χ2v) is 5.47. The molecule has 0 aliphatic heterocycles. The van der Waals surface area contributed by atoms with E-state index in [2.05, 4.69) is 17.6 Å². The van der Waals surface area contributed by atoms with Gasteiger partial charge >= 0.3 is 0 Å². The van der Waals surface area contributed by atoms with Gasteiger partial charge in [-0.1, -0.05) is 23.7 Å². The summed E-state index contributed by atoms with van der Waals surface area (Å²) < 4.78 is 0. The van der Waals surface area contributed by atoms with Crippen LogP contribution in [0.25, 0.3) is 0 Å². The van der Waals surface area contributed by atoms with Gasteiger partial charge in [0.1, 0.15) is 0 Å². The van der Waals surface area contributed by atoms with E-state index in [1.807, 2.05) is 49.4 Å². The lowest BCUT2D eigenvalue weighted by Gasteiger charge is -2.09. The first-order valence-corrected chi connectivity index (χ1v) is 7.29. The zero-order valence-corrected chi connectivity index (χ0v) is 13.0. The Balaban J connectivity index is 1.81. The molecule has 0 fully saturated rings. The molecule has 0 spiro atoms. The molecule has 4 heteroatoms. The largest absolute Gasteiger partial charge is 0.384 e. The third kappa shape index (κ3) is 4.80. The lowest BCUT2D eigenvalue weighted by atomic mass is 10.1. The average molecular weight is 303 g/mol. The molecule has 0 heterocycles. The number of nitrogens with one attached hydrogen (secondary N) is 2. The average Bonchev–Trinajstić information content (AvgIpc) is 2.43. The van der Waals surface area contributed by atoms with E-state index in [-0.39, 0.29) is 5.91 Å². The molecule has 0 aliphatic carbocycles. The van der Waals surface area contributed by atoms with Crippen molar-refractivity contribution in [1.82, 2.24) is 0 Å². The molecule has 0 aliphatic rings. The van der Waals surface area contributed by atoms with Crippen molar-refractivity contribution in [3.63, 3.8) is 0 Å². The monoisotopic (exact) mass is 302 g/mol. The normalized spacial score (nSPS) is 10.2. The first-order valence-electron chi connectivity index (χ1n) is 6.91. The SMILES string of the molecule is Cc1ccc(NC(=O)CCNc2cccc(Cl)c2)cc1C. The molecule has 0 radical (unpaired) electrons. The Bertz CT molecular complexity index is 640. The van der Waals surface area contributed by atoms with Crippen LogP contribution in [0, 0.1) is 13.8 Å². The number of aryl methyl sites for hydroxylation is 2. The van der Waals surface area contributed by atoms with E-state index >= 15 is 0 Å². The van der Waals surface area contributed by atoms with Gasteiger partial charge in [-0.25, -0.2) is 0 Å². The van der Waals surface area contributed by atoms with Crippen LogP contribution in [0.5, 0.6) is 0 Å². The lowest BCUT2D eigenvalue weighted by Crippen LogP contribution is -2.16. The van der Waals surface area contributed by atoms with Crippen LogP contribution in [0.2, 0.25) is 5.02 Å². The van der Waals surface area contributed by atoms with E-state index in [1.165, 1.54) is 11.1 Å². The van der Waals surface area contributed by atoms with Crippen molar-refractivity contribution in [3.05, 3.63) is 58.6 Å². The van der Waals surface area contributed by atoms with Crippen molar-refractivity contribution in [2.45, 2.75) is 20.3 Å². The summed E-state index contributed by atoms with van der Waals surface area (Å²) in [7, 11) is 0. The Morgan fingerprint density at radius 1 is 1.05 bits per heavy atom. The highest BCUT2D eigenvalue weighted by Gasteiger charge is 2.03. The number of hydrogen-bond donors (Lipinski definition) is 2. The molecule has 2 aromatic carbocycles. The predicted octanol–water partition coefficient (Wildman–Crippen LogP) is 4.40. The maximum atomic E-state index is 11.9. The first-order chi connectivity index (χ1) is 10.0. The molecule has 0 saturated heterocycles. The molecule has 0 unspecified atom stereocenters. The van der Waals surface area contributed by atoms with Gasteiger partial charge in [-0.05, 0) is 55.3 Å². The second kappa shape index (κ2) is 7.14. The van der Waals surface area contributed by atoms with Crippen LogP contribution in [0.4, 0.5) is 11.4 Å². The van der Waals surface area contributed by atoms with Crippen LogP contribution in [0.15, 0.2) is 42.5 Å². The van der Waals surface area contributed by atoms with Crippen molar-refractivity contribution in [3.8, 4) is 0 Å². The summed E-state index contributed by atoms with van der Waals surface area (Å²) in [5.74, 6) is -0.00668. The molecule has 2 rings (SSSR count). The molecular formula is C17H19ClN2O. The van der Waals surface area contributed by atoms with E-state index in [4.69, 9.17) is 11.6 Å². The number of carbonyl (C=O) groups is 1. The summed E-state index contributed by atoms with van der Waals surface area (Å²) in [5.41, 5.74) is 4.15. The van der Waals surface area contributed by atoms with Gasteiger partial charge in [-0.2, -0.15) is 0 Å². The second-order valence-electron chi connectivity index (χ2n) is 5.03. The molecule has 3 nitrogen and oxygen atoms in total. The quantitative estimate of drug-likeness (QED) is 0.859. The van der Waals surface area contributed by atoms with Crippen LogP contribution < -0.4 is 10.6 Å². The number of hydrogen-bond acceptors (Lipinski definition) is 2. The van der Waals surface area contributed by atoms with Crippen LogP contribution in [0.3, 0.4) is 0 Å². The van der Waals surface area contributed by atoms with Gasteiger partial charge in [0.25, 0.3) is 0 Å². The van der Waals surface area contributed by atoms with Crippen molar-refractivity contribution in [2.75, 3.05) is 17.2 Å². The Kier molecular flexibility index (Phi) is 5.23. The summed E-state index contributed by atoms with van der Waals surface area (Å²) in [5, 5.41) is 6.76. The highest BCUT2D eigenvalue weighted by atomic mass is 35.5. The standard InChI is InChI=1S/C17H19ClN2O/c1-12-6-7-16(10-13(12)2)20-17(21)8-9-19-15-5-3-4-14(18)11-15/h3-7,10-11,19H,8-9H2,1-2H3,(H,20,21). The Labute approximate surface area is 130 Å². The summed E-state index contributed by atoms with van der Waals surface area (Å²) in [6.07, 6.45) is 0.402. The number of rotatable bonds is 5. The van der Waals surface area contributed by atoms with Gasteiger partial charge < -0.3 is 10.6 Å². The highest BCUT2D eigenvalue weighted by molar-refractivity contribution is 6.30. The minimum absolute atomic E-state index is 0.00668. The van der Waals surface area contributed by atoms with E-state index in [9.17, 15) is 4.79 Å². The Hall–Kier alpha value is -2.00. The van der Waals surface area contributed by atoms with Gasteiger partial charge in [0.05, 0.1) is 0 Å². The summed E-state index contributed by atoms with van der Waals surface area (Å²) in [4.78, 5) is 11.9. The number of amides is 1. The van der Waals surface area contributed by atoms with Gasteiger partial charge in [0, 0.05) is 29.4 Å². The van der Waals surface area contributed by atoms with Crippen molar-refractivity contribution < 1.29 is 4.79 Å². The molecule has 2 aromatic rings. The number of carbonyl (C=O) groups excluding carboxylic acids is 1. The molecule has 1 amide bonds. The third-order valence-corrected chi connectivity index (χ3v) is 3.53. The van der Waals surface area contributed by atoms with E-state index in [1.54, 1.807) is 0 Å². The fraction of sp³-hybridized carbons (Fsp3) is 0.235. The predicted molar refractivity (Wildman–Crippen MR) is 89.1 cm³/mol. The van der Waals surface area contributed by atoms with E-state index in [0.29, 0.717) is 18.0 Å². The topological polar surface area (TPSA) is 41.1 Å². The fourth-order valence-corrected chi connectivity index (χ4v) is 2.15. The van der Waals surface area contributed by atoms with E-state index in [0.717, 1.165) is 11.4 Å². The molecule has 0 saturated carbocycles. The van der Waals surface area contributed by atoms with Gasteiger partial charge in [0.2, 0.25) is 5.91 Å². The van der Waals surface area contributed by atoms with Gasteiger partial charge in [-0.3, -0.25) is 4.79 Å². The Morgan fingerprint density at radius 3 is 2.57 bits per heavy atom. The van der Waals surface area contributed by atoms with E-state index < -0.39 is 0 Å². The van der Waals surface area contributed by atoms with Crippen LogP contribution in [-0.2, 0) is 4.79 Å². The minimum atomic E-state index is -0.00668. The Morgan fingerprint density at radius 2 is 1.86 bits per heavy atom. The zero-order chi connectivity index (χ0) is 15.2. The summed E-state index contributed by atoms with van der Waals surface area (Å²) in [6, 6.07) is 13.4.